The molecule has 0 aliphatic rings. The summed E-state index contributed by atoms with van der Waals surface area (Å²) in [5, 5.41) is 5.27. The fourth-order valence-corrected chi connectivity index (χ4v) is 2.76. The molecule has 0 bridgehead atoms. The summed E-state index contributed by atoms with van der Waals surface area (Å²) in [5.41, 5.74) is 7.46. The van der Waals surface area contributed by atoms with Crippen molar-refractivity contribution in [2.75, 3.05) is 0 Å². The number of hydrogen-bond donors (Lipinski definition) is 1. The molecule has 3 rings (SSSR count). The van der Waals surface area contributed by atoms with Crippen LogP contribution in [0.1, 0.15) is 27.2 Å². The van der Waals surface area contributed by atoms with Crippen molar-refractivity contribution >= 4 is 23.0 Å². The van der Waals surface area contributed by atoms with Gasteiger partial charge in [-0.1, -0.05) is 36.4 Å². The molecule has 0 spiro atoms. The van der Waals surface area contributed by atoms with Crippen LogP contribution in [0.15, 0.2) is 53.6 Å². The Bertz CT molecular complexity index is 906. The molecule has 0 radical (unpaired) electrons. The van der Waals surface area contributed by atoms with Crippen LogP contribution >= 0.6 is 0 Å². The van der Waals surface area contributed by atoms with E-state index in [9.17, 15) is 4.79 Å². The van der Waals surface area contributed by atoms with E-state index < -0.39 is 0 Å². The zero-order valence-electron chi connectivity index (χ0n) is 13.5. The van der Waals surface area contributed by atoms with Crippen molar-refractivity contribution in [3.63, 3.8) is 0 Å². The van der Waals surface area contributed by atoms with Crippen molar-refractivity contribution in [2.45, 2.75) is 13.8 Å². The highest BCUT2D eigenvalue weighted by Crippen LogP contribution is 2.22. The van der Waals surface area contributed by atoms with E-state index in [2.05, 4.69) is 27.2 Å². The van der Waals surface area contributed by atoms with Crippen LogP contribution in [0, 0.1) is 13.8 Å². The number of aromatic nitrogens is 1. The molecule has 1 heterocycles. The minimum absolute atomic E-state index is 0.197. The van der Waals surface area contributed by atoms with Gasteiger partial charge in [-0.3, -0.25) is 4.79 Å². The van der Waals surface area contributed by atoms with Crippen LogP contribution in [0.2, 0.25) is 0 Å². The first-order valence-corrected chi connectivity index (χ1v) is 7.52. The second-order valence-electron chi connectivity index (χ2n) is 5.59. The largest absolute Gasteiger partial charge is 0.347 e. The predicted molar refractivity (Wildman–Crippen MR) is 93.9 cm³/mol. The van der Waals surface area contributed by atoms with E-state index in [-0.39, 0.29) is 5.91 Å². The molecule has 3 aromatic rings. The molecule has 1 N–H and O–H groups in total. The fraction of sp³-hybridized carbons (Fsp3) is 0.158. The van der Waals surface area contributed by atoms with Crippen LogP contribution in [0.5, 0.6) is 0 Å². The number of carbonyl (C=O) groups is 1. The minimum Gasteiger partial charge on any atom is -0.347 e. The average molecular weight is 305 g/mol. The maximum atomic E-state index is 12.2. The Morgan fingerprint density at radius 3 is 2.57 bits per heavy atom. The molecule has 1 aromatic heterocycles. The molecule has 4 nitrogen and oxygen atoms in total. The van der Waals surface area contributed by atoms with Crippen molar-refractivity contribution < 1.29 is 4.79 Å². The quantitative estimate of drug-likeness (QED) is 0.583. The van der Waals surface area contributed by atoms with Gasteiger partial charge < -0.3 is 4.57 Å². The number of nitrogens with one attached hydrogen (secondary N) is 1. The summed E-state index contributed by atoms with van der Waals surface area (Å²) in [6, 6.07) is 15.6. The minimum atomic E-state index is -0.197. The number of fused-ring (bicyclic) bond motifs is 1. The van der Waals surface area contributed by atoms with Gasteiger partial charge in [0.15, 0.2) is 0 Å². The lowest BCUT2D eigenvalue weighted by molar-refractivity contribution is 0.0954. The van der Waals surface area contributed by atoms with Gasteiger partial charge in [0.05, 0.1) is 6.21 Å². The molecular formula is C19H19N3O. The van der Waals surface area contributed by atoms with E-state index >= 15 is 0 Å². The maximum absolute atomic E-state index is 12.2. The maximum Gasteiger partial charge on any atom is 0.271 e. The van der Waals surface area contributed by atoms with E-state index in [1.54, 1.807) is 12.3 Å². The fourth-order valence-electron chi connectivity index (χ4n) is 2.76. The monoisotopic (exact) mass is 305 g/mol. The number of para-hydroxylation sites is 1. The SMILES string of the molecule is Cc1ccccc1C(=O)N/N=C/c1c(C)n(C)c2ccccc12. The normalized spacial score (nSPS) is 11.3. The second-order valence-corrected chi connectivity index (χ2v) is 5.59. The van der Waals surface area contributed by atoms with E-state index in [1.807, 2.05) is 51.2 Å². The van der Waals surface area contributed by atoms with Crippen molar-refractivity contribution in [3.05, 3.63) is 70.9 Å². The van der Waals surface area contributed by atoms with Gasteiger partial charge >= 0.3 is 0 Å². The summed E-state index contributed by atoms with van der Waals surface area (Å²) in [5.74, 6) is -0.197. The van der Waals surface area contributed by atoms with E-state index in [1.165, 1.54) is 0 Å². The molecule has 0 saturated carbocycles. The number of carbonyl (C=O) groups excluding carboxylic acids is 1. The first-order chi connectivity index (χ1) is 11.1. The van der Waals surface area contributed by atoms with E-state index in [0.717, 1.165) is 27.7 Å². The highest BCUT2D eigenvalue weighted by molar-refractivity contribution is 6.02. The second kappa shape index (κ2) is 6.08. The molecule has 1 amide bonds. The third-order valence-electron chi connectivity index (χ3n) is 4.20. The Labute approximate surface area is 135 Å². The predicted octanol–water partition coefficient (Wildman–Crippen LogP) is 3.56. The van der Waals surface area contributed by atoms with Gasteiger partial charge in [0, 0.05) is 34.8 Å². The number of hydrogen-bond acceptors (Lipinski definition) is 2. The zero-order chi connectivity index (χ0) is 16.4. The first-order valence-electron chi connectivity index (χ1n) is 7.52. The molecule has 2 aromatic carbocycles. The molecule has 4 heteroatoms. The van der Waals surface area contributed by atoms with Crippen LogP contribution in [-0.4, -0.2) is 16.7 Å². The zero-order valence-corrected chi connectivity index (χ0v) is 13.5. The van der Waals surface area contributed by atoms with Crippen molar-refractivity contribution in [2.24, 2.45) is 12.1 Å². The van der Waals surface area contributed by atoms with E-state index in [4.69, 9.17) is 0 Å². The molecule has 23 heavy (non-hydrogen) atoms. The number of amides is 1. The summed E-state index contributed by atoms with van der Waals surface area (Å²) < 4.78 is 2.12. The number of hydrazone groups is 1. The van der Waals surface area contributed by atoms with Crippen LogP contribution in [0.3, 0.4) is 0 Å². The van der Waals surface area contributed by atoms with Gasteiger partial charge in [-0.15, -0.1) is 0 Å². The summed E-state index contributed by atoms with van der Waals surface area (Å²) in [6.45, 7) is 3.96. The topological polar surface area (TPSA) is 46.4 Å². The number of aryl methyl sites for hydroxylation is 2. The number of benzene rings is 2. The molecule has 0 atom stereocenters. The third kappa shape index (κ3) is 2.75. The highest BCUT2D eigenvalue weighted by atomic mass is 16.2. The number of nitrogens with zero attached hydrogens (tertiary/aromatic N) is 2. The molecule has 0 unspecified atom stereocenters. The molecule has 0 fully saturated rings. The lowest BCUT2D eigenvalue weighted by Gasteiger charge is -2.03. The molecule has 0 aliphatic carbocycles. The molecule has 116 valence electrons. The molecule has 0 saturated heterocycles. The van der Waals surface area contributed by atoms with Crippen molar-refractivity contribution in [3.8, 4) is 0 Å². The molecule has 0 aliphatic heterocycles. The van der Waals surface area contributed by atoms with Crippen LogP contribution in [-0.2, 0) is 7.05 Å². The summed E-state index contributed by atoms with van der Waals surface area (Å²) in [6.07, 6.45) is 1.72. The summed E-state index contributed by atoms with van der Waals surface area (Å²) >= 11 is 0. The van der Waals surface area contributed by atoms with Crippen LogP contribution in [0.4, 0.5) is 0 Å². The Hall–Kier alpha value is -2.88. The lowest BCUT2D eigenvalue weighted by Crippen LogP contribution is -2.18. The smallest absolute Gasteiger partial charge is 0.271 e. The Kier molecular flexibility index (Phi) is 3.98. The van der Waals surface area contributed by atoms with Crippen molar-refractivity contribution in [1.82, 2.24) is 9.99 Å². The summed E-state index contributed by atoms with van der Waals surface area (Å²) in [7, 11) is 2.03. The van der Waals surface area contributed by atoms with Gasteiger partial charge in [0.25, 0.3) is 5.91 Å². The average Bonchev–Trinajstić information content (AvgIpc) is 2.80. The molecular weight excluding hydrogens is 286 g/mol. The van der Waals surface area contributed by atoms with Gasteiger partial charge in [-0.25, -0.2) is 5.43 Å². The van der Waals surface area contributed by atoms with Gasteiger partial charge in [-0.05, 0) is 31.5 Å². The van der Waals surface area contributed by atoms with Gasteiger partial charge in [0.2, 0.25) is 0 Å². The van der Waals surface area contributed by atoms with Gasteiger partial charge in [0.1, 0.15) is 0 Å². The van der Waals surface area contributed by atoms with Gasteiger partial charge in [-0.2, -0.15) is 5.10 Å². The van der Waals surface area contributed by atoms with Crippen LogP contribution < -0.4 is 5.43 Å². The number of rotatable bonds is 3. The summed E-state index contributed by atoms with van der Waals surface area (Å²) in [4.78, 5) is 12.2. The Morgan fingerprint density at radius 1 is 1.09 bits per heavy atom. The van der Waals surface area contributed by atoms with E-state index in [0.29, 0.717) is 5.56 Å². The Morgan fingerprint density at radius 2 is 1.78 bits per heavy atom. The highest BCUT2D eigenvalue weighted by Gasteiger charge is 2.10. The Balaban J connectivity index is 1.86. The third-order valence-corrected chi connectivity index (χ3v) is 4.20. The van der Waals surface area contributed by atoms with Crippen LogP contribution in [0.25, 0.3) is 10.9 Å². The van der Waals surface area contributed by atoms with Crippen molar-refractivity contribution in [1.29, 1.82) is 0 Å². The lowest BCUT2D eigenvalue weighted by atomic mass is 10.1. The standard InChI is InChI=1S/C19H19N3O/c1-13-8-4-5-9-15(13)19(23)21-20-12-17-14(2)22(3)18-11-7-6-10-16(17)18/h4-12H,1-3H3,(H,21,23)/b20-12+. The first kappa shape index (κ1) is 15.0.